The fraction of sp³-hybridized carbons (Fsp3) is 0.273. The van der Waals surface area contributed by atoms with Crippen molar-refractivity contribution in [2.75, 3.05) is 11.4 Å². The molecule has 0 unspecified atom stereocenters. The standard InChI is InChI=1S/C22H20N2O5/c1-13(24-20(26)16-8-4-5-9-17(16)21(24)27)22(28)29-14(2)19(25)23-12-11-15-7-3-6-10-18(15)23/h3-10,13-14H,11-12H2,1-2H3/t13-,14+/m0/s1. The Bertz CT molecular complexity index is 996. The Morgan fingerprint density at radius 3 is 2.17 bits per heavy atom. The molecule has 7 heteroatoms. The van der Waals surface area contributed by atoms with E-state index in [1.54, 1.807) is 29.2 Å². The van der Waals surface area contributed by atoms with Gasteiger partial charge in [-0.15, -0.1) is 0 Å². The van der Waals surface area contributed by atoms with Gasteiger partial charge in [0.05, 0.1) is 11.1 Å². The van der Waals surface area contributed by atoms with Gasteiger partial charge in [0.2, 0.25) is 0 Å². The van der Waals surface area contributed by atoms with Crippen LogP contribution in [0.15, 0.2) is 48.5 Å². The van der Waals surface area contributed by atoms with Crippen LogP contribution in [0.4, 0.5) is 5.69 Å². The van der Waals surface area contributed by atoms with E-state index in [0.29, 0.717) is 6.54 Å². The molecule has 0 fully saturated rings. The number of anilines is 1. The summed E-state index contributed by atoms with van der Waals surface area (Å²) in [7, 11) is 0. The summed E-state index contributed by atoms with van der Waals surface area (Å²) in [6.07, 6.45) is -0.292. The topological polar surface area (TPSA) is 84.0 Å². The molecule has 0 spiro atoms. The van der Waals surface area contributed by atoms with Gasteiger partial charge in [-0.2, -0.15) is 0 Å². The van der Waals surface area contributed by atoms with E-state index in [1.165, 1.54) is 13.8 Å². The van der Waals surface area contributed by atoms with Crippen LogP contribution in [0.25, 0.3) is 0 Å². The number of carbonyl (C=O) groups excluding carboxylic acids is 4. The Morgan fingerprint density at radius 2 is 1.52 bits per heavy atom. The first-order chi connectivity index (χ1) is 13.9. The van der Waals surface area contributed by atoms with Crippen molar-refractivity contribution in [1.82, 2.24) is 4.90 Å². The molecule has 0 aliphatic carbocycles. The molecule has 2 atom stereocenters. The van der Waals surface area contributed by atoms with Gasteiger partial charge in [0.25, 0.3) is 17.7 Å². The molecular formula is C22H20N2O5. The number of imide groups is 1. The molecule has 148 valence electrons. The molecule has 4 rings (SSSR count). The molecule has 2 aliphatic heterocycles. The summed E-state index contributed by atoms with van der Waals surface area (Å²) in [5.74, 6) is -2.21. The molecule has 2 aliphatic rings. The second-order valence-electron chi connectivity index (χ2n) is 7.15. The summed E-state index contributed by atoms with van der Waals surface area (Å²) in [5.41, 5.74) is 2.40. The molecule has 2 heterocycles. The van der Waals surface area contributed by atoms with Crippen LogP contribution in [0.2, 0.25) is 0 Å². The molecule has 29 heavy (non-hydrogen) atoms. The molecule has 2 aromatic rings. The van der Waals surface area contributed by atoms with Gasteiger partial charge in [0, 0.05) is 12.2 Å². The van der Waals surface area contributed by atoms with Gasteiger partial charge in [-0.25, -0.2) is 4.79 Å². The van der Waals surface area contributed by atoms with Crippen LogP contribution >= 0.6 is 0 Å². The van der Waals surface area contributed by atoms with Crippen LogP contribution in [0, 0.1) is 0 Å². The number of amides is 3. The Hall–Kier alpha value is -3.48. The first-order valence-corrected chi connectivity index (χ1v) is 9.47. The minimum atomic E-state index is -1.14. The van der Waals surface area contributed by atoms with Crippen LogP contribution in [0.3, 0.4) is 0 Å². The van der Waals surface area contributed by atoms with E-state index in [9.17, 15) is 19.2 Å². The molecule has 0 aromatic heterocycles. The van der Waals surface area contributed by atoms with Crippen molar-refractivity contribution in [3.05, 3.63) is 65.2 Å². The average molecular weight is 392 g/mol. The fourth-order valence-corrected chi connectivity index (χ4v) is 3.77. The van der Waals surface area contributed by atoms with E-state index in [-0.39, 0.29) is 17.0 Å². The summed E-state index contributed by atoms with van der Waals surface area (Å²) < 4.78 is 5.33. The highest BCUT2D eigenvalue weighted by molar-refractivity contribution is 6.22. The van der Waals surface area contributed by atoms with E-state index in [4.69, 9.17) is 4.74 Å². The van der Waals surface area contributed by atoms with E-state index in [0.717, 1.165) is 22.6 Å². The maximum Gasteiger partial charge on any atom is 0.329 e. The number of hydrogen-bond acceptors (Lipinski definition) is 5. The maximum atomic E-state index is 12.8. The molecule has 0 radical (unpaired) electrons. The molecule has 0 bridgehead atoms. The van der Waals surface area contributed by atoms with E-state index in [1.807, 2.05) is 24.3 Å². The Kier molecular flexibility index (Phi) is 4.66. The second kappa shape index (κ2) is 7.16. The number of nitrogens with zero attached hydrogens (tertiary/aromatic N) is 2. The SMILES string of the molecule is C[C@@H](OC(=O)[C@H](C)N1C(=O)c2ccccc2C1=O)C(=O)N1CCc2ccccc21. The summed E-state index contributed by atoms with van der Waals surface area (Å²) >= 11 is 0. The third-order valence-corrected chi connectivity index (χ3v) is 5.35. The largest absolute Gasteiger partial charge is 0.451 e. The zero-order valence-corrected chi connectivity index (χ0v) is 16.1. The van der Waals surface area contributed by atoms with Gasteiger partial charge in [-0.05, 0) is 44.0 Å². The van der Waals surface area contributed by atoms with E-state index < -0.39 is 29.9 Å². The Balaban J connectivity index is 1.45. The van der Waals surface area contributed by atoms with Crippen molar-refractivity contribution in [2.45, 2.75) is 32.4 Å². The number of fused-ring (bicyclic) bond motifs is 2. The van der Waals surface area contributed by atoms with Gasteiger partial charge < -0.3 is 9.64 Å². The van der Waals surface area contributed by atoms with Gasteiger partial charge in [0.1, 0.15) is 6.04 Å². The van der Waals surface area contributed by atoms with Crippen molar-refractivity contribution in [1.29, 1.82) is 0 Å². The quantitative estimate of drug-likeness (QED) is 0.588. The van der Waals surface area contributed by atoms with E-state index >= 15 is 0 Å². The predicted molar refractivity (Wildman–Crippen MR) is 104 cm³/mol. The third kappa shape index (κ3) is 3.08. The maximum absolute atomic E-state index is 12.8. The average Bonchev–Trinajstić information content (AvgIpc) is 3.26. The van der Waals surface area contributed by atoms with Crippen LogP contribution in [-0.2, 0) is 20.7 Å². The zero-order chi connectivity index (χ0) is 20.7. The normalized spacial score (nSPS) is 17.0. The highest BCUT2D eigenvalue weighted by atomic mass is 16.5. The van der Waals surface area contributed by atoms with Crippen molar-refractivity contribution in [3.63, 3.8) is 0 Å². The fourth-order valence-electron chi connectivity index (χ4n) is 3.77. The lowest BCUT2D eigenvalue weighted by Gasteiger charge is -2.25. The Labute approximate surface area is 167 Å². The number of ether oxygens (including phenoxy) is 1. The first kappa shape index (κ1) is 18.9. The highest BCUT2D eigenvalue weighted by Crippen LogP contribution is 2.29. The number of hydrogen-bond donors (Lipinski definition) is 0. The van der Waals surface area contributed by atoms with Crippen LogP contribution in [0.1, 0.15) is 40.1 Å². The number of esters is 1. The van der Waals surface area contributed by atoms with Crippen LogP contribution in [0.5, 0.6) is 0 Å². The molecule has 7 nitrogen and oxygen atoms in total. The number of para-hydroxylation sites is 1. The summed E-state index contributed by atoms with van der Waals surface area (Å²) in [5, 5.41) is 0. The summed E-state index contributed by atoms with van der Waals surface area (Å²) in [4.78, 5) is 53.0. The minimum absolute atomic E-state index is 0.259. The lowest BCUT2D eigenvalue weighted by atomic mass is 10.1. The minimum Gasteiger partial charge on any atom is -0.451 e. The lowest BCUT2D eigenvalue weighted by Crippen LogP contribution is -2.46. The second-order valence-corrected chi connectivity index (χ2v) is 7.15. The summed E-state index contributed by atoms with van der Waals surface area (Å²) in [6.45, 7) is 3.44. The first-order valence-electron chi connectivity index (χ1n) is 9.47. The number of benzene rings is 2. The Morgan fingerprint density at radius 1 is 0.931 bits per heavy atom. The van der Waals surface area contributed by atoms with Crippen molar-refractivity contribution < 1.29 is 23.9 Å². The number of carbonyl (C=O) groups is 4. The molecular weight excluding hydrogens is 372 g/mol. The monoisotopic (exact) mass is 392 g/mol. The van der Waals surface area contributed by atoms with Crippen LogP contribution < -0.4 is 4.90 Å². The van der Waals surface area contributed by atoms with Crippen molar-refractivity contribution in [3.8, 4) is 0 Å². The molecule has 2 aromatic carbocycles. The third-order valence-electron chi connectivity index (χ3n) is 5.35. The van der Waals surface area contributed by atoms with Gasteiger partial charge in [-0.3, -0.25) is 19.3 Å². The van der Waals surface area contributed by atoms with Crippen molar-refractivity contribution >= 4 is 29.4 Å². The van der Waals surface area contributed by atoms with Gasteiger partial charge >= 0.3 is 5.97 Å². The smallest absolute Gasteiger partial charge is 0.329 e. The molecule has 0 saturated heterocycles. The predicted octanol–water partition coefficient (Wildman–Crippen LogP) is 2.19. The number of rotatable bonds is 4. The van der Waals surface area contributed by atoms with Crippen molar-refractivity contribution in [2.24, 2.45) is 0 Å². The van der Waals surface area contributed by atoms with Gasteiger partial charge in [-0.1, -0.05) is 30.3 Å². The molecule has 0 N–H and O–H groups in total. The zero-order valence-electron chi connectivity index (χ0n) is 16.1. The van der Waals surface area contributed by atoms with Crippen LogP contribution in [-0.4, -0.2) is 47.3 Å². The highest BCUT2D eigenvalue weighted by Gasteiger charge is 2.42. The van der Waals surface area contributed by atoms with Gasteiger partial charge in [0.15, 0.2) is 6.10 Å². The summed E-state index contributed by atoms with van der Waals surface area (Å²) in [6, 6.07) is 12.9. The van der Waals surface area contributed by atoms with E-state index in [2.05, 4.69) is 0 Å². The lowest BCUT2D eigenvalue weighted by molar-refractivity contribution is -0.157. The molecule has 3 amide bonds. The molecule has 0 saturated carbocycles.